The van der Waals surface area contributed by atoms with E-state index in [0.29, 0.717) is 32.2 Å². The van der Waals surface area contributed by atoms with Gasteiger partial charge >= 0.3 is 12.2 Å². The molecular weight excluding hydrogens is 404 g/mol. The van der Waals surface area contributed by atoms with Gasteiger partial charge in [0.1, 0.15) is 5.82 Å². The quantitative estimate of drug-likeness (QED) is 0.758. The van der Waals surface area contributed by atoms with Crippen molar-refractivity contribution in [3.05, 3.63) is 53.1 Å². The molecule has 2 saturated heterocycles. The molecule has 4 rings (SSSR count). The molecule has 0 radical (unpaired) electrons. The molecule has 2 aromatic rings. The Morgan fingerprint density at radius 3 is 2.67 bits per heavy atom. The molecule has 0 bridgehead atoms. The molecule has 0 saturated carbocycles. The Balaban J connectivity index is 1.25. The first-order chi connectivity index (χ1) is 14.3. The number of nitrogens with one attached hydrogen (secondary N) is 1. The van der Waals surface area contributed by atoms with Crippen molar-refractivity contribution in [1.29, 1.82) is 0 Å². The number of amides is 2. The first-order valence-electron chi connectivity index (χ1n) is 9.81. The van der Waals surface area contributed by atoms with Crippen LogP contribution in [0.3, 0.4) is 0 Å². The molecule has 0 spiro atoms. The predicted molar refractivity (Wildman–Crippen MR) is 99.1 cm³/mol. The van der Waals surface area contributed by atoms with Crippen LogP contribution in [0.4, 0.5) is 22.4 Å². The molecule has 10 heteroatoms. The Bertz CT molecular complexity index is 881. The Morgan fingerprint density at radius 1 is 1.20 bits per heavy atom. The van der Waals surface area contributed by atoms with Gasteiger partial charge in [-0.15, -0.1) is 0 Å². The smallest absolute Gasteiger partial charge is 0.370 e. The van der Waals surface area contributed by atoms with Crippen molar-refractivity contribution in [3.8, 4) is 0 Å². The van der Waals surface area contributed by atoms with E-state index in [4.69, 9.17) is 4.74 Å². The molecular formula is C20H22F4N4O2. The number of H-pyrrole nitrogens is 1. The van der Waals surface area contributed by atoms with Crippen molar-refractivity contribution in [3.63, 3.8) is 0 Å². The molecule has 1 N–H and O–H groups in total. The number of alkyl halides is 3. The third kappa shape index (κ3) is 4.43. The van der Waals surface area contributed by atoms with Crippen LogP contribution in [-0.2, 0) is 17.5 Å². The molecule has 2 aliphatic heterocycles. The van der Waals surface area contributed by atoms with Gasteiger partial charge in [-0.2, -0.15) is 18.3 Å². The highest BCUT2D eigenvalue weighted by Gasteiger charge is 2.36. The molecule has 1 unspecified atom stereocenters. The van der Waals surface area contributed by atoms with E-state index >= 15 is 0 Å². The van der Waals surface area contributed by atoms with Gasteiger partial charge in [0.05, 0.1) is 31.4 Å². The monoisotopic (exact) mass is 426 g/mol. The second kappa shape index (κ2) is 8.25. The van der Waals surface area contributed by atoms with Crippen molar-refractivity contribution in [2.24, 2.45) is 0 Å². The number of nitrogens with zero attached hydrogens (tertiary/aromatic N) is 3. The molecule has 2 fully saturated rings. The van der Waals surface area contributed by atoms with Gasteiger partial charge in [0.15, 0.2) is 0 Å². The minimum Gasteiger partial charge on any atom is -0.370 e. The van der Waals surface area contributed by atoms with E-state index in [-0.39, 0.29) is 30.2 Å². The maximum absolute atomic E-state index is 13.9. The van der Waals surface area contributed by atoms with Gasteiger partial charge in [-0.1, -0.05) is 6.07 Å². The number of ether oxygens (including phenoxy) is 1. The highest BCUT2D eigenvalue weighted by Crippen LogP contribution is 2.31. The van der Waals surface area contributed by atoms with Crippen LogP contribution in [0.1, 0.15) is 35.6 Å². The number of carbonyl (C=O) groups is 1. The highest BCUT2D eigenvalue weighted by atomic mass is 19.4. The summed E-state index contributed by atoms with van der Waals surface area (Å²) in [6, 6.07) is 4.27. The molecule has 2 amide bonds. The van der Waals surface area contributed by atoms with E-state index < -0.39 is 17.6 Å². The van der Waals surface area contributed by atoms with Crippen LogP contribution in [-0.4, -0.2) is 58.3 Å². The number of hydrogen-bond donors (Lipinski definition) is 1. The summed E-state index contributed by atoms with van der Waals surface area (Å²) in [7, 11) is 0. The second-order valence-corrected chi connectivity index (χ2v) is 7.72. The Morgan fingerprint density at radius 2 is 2.00 bits per heavy atom. The maximum Gasteiger partial charge on any atom is 0.416 e. The topological polar surface area (TPSA) is 61.5 Å². The summed E-state index contributed by atoms with van der Waals surface area (Å²) < 4.78 is 57.3. The molecule has 162 valence electrons. The lowest BCUT2D eigenvalue weighted by Crippen LogP contribution is -2.59. The Labute approximate surface area is 170 Å². The zero-order valence-corrected chi connectivity index (χ0v) is 16.2. The summed E-state index contributed by atoms with van der Waals surface area (Å²) in [6.07, 6.45) is -1.23. The molecule has 30 heavy (non-hydrogen) atoms. The van der Waals surface area contributed by atoms with Crippen LogP contribution in [0.2, 0.25) is 0 Å². The second-order valence-electron chi connectivity index (χ2n) is 7.72. The van der Waals surface area contributed by atoms with Crippen LogP contribution < -0.4 is 0 Å². The fourth-order valence-electron chi connectivity index (χ4n) is 3.85. The van der Waals surface area contributed by atoms with Gasteiger partial charge in [-0.05, 0) is 31.0 Å². The Kier molecular flexibility index (Phi) is 5.68. The van der Waals surface area contributed by atoms with Crippen LogP contribution in [0.5, 0.6) is 0 Å². The lowest BCUT2D eigenvalue weighted by atomic mass is 9.95. The van der Waals surface area contributed by atoms with Crippen molar-refractivity contribution in [2.45, 2.75) is 37.6 Å². The summed E-state index contributed by atoms with van der Waals surface area (Å²) >= 11 is 0. The molecule has 0 aliphatic carbocycles. The minimum absolute atomic E-state index is 0.0558. The predicted octanol–water partition coefficient (Wildman–Crippen LogP) is 3.77. The largest absolute Gasteiger partial charge is 0.416 e. The average Bonchev–Trinajstić information content (AvgIpc) is 3.22. The highest BCUT2D eigenvalue weighted by molar-refractivity contribution is 5.75. The van der Waals surface area contributed by atoms with Crippen LogP contribution in [0.15, 0.2) is 30.5 Å². The van der Waals surface area contributed by atoms with E-state index in [9.17, 15) is 22.4 Å². The number of aromatic amines is 1. The van der Waals surface area contributed by atoms with Crippen molar-refractivity contribution >= 4 is 6.03 Å². The number of piperidine rings is 1. The van der Waals surface area contributed by atoms with Crippen LogP contribution >= 0.6 is 0 Å². The standard InChI is InChI=1S/C20H22F4N4O2/c21-17-8-15(20(22,23)24)4-3-14(17)12-30-16-10-28(11-16)19(29)27-7-1-2-13(9-27)18-5-6-25-26-18/h3-6,8,13,16H,1-2,7,9-12H2,(H,25,26). The van der Waals surface area contributed by atoms with Crippen molar-refractivity contribution in [1.82, 2.24) is 20.0 Å². The van der Waals surface area contributed by atoms with Gasteiger partial charge < -0.3 is 14.5 Å². The van der Waals surface area contributed by atoms with Gasteiger partial charge in [0.25, 0.3) is 0 Å². The minimum atomic E-state index is -4.58. The average molecular weight is 426 g/mol. The fraction of sp³-hybridized carbons (Fsp3) is 0.500. The zero-order valence-electron chi connectivity index (χ0n) is 16.2. The molecule has 1 aromatic carbocycles. The van der Waals surface area contributed by atoms with E-state index in [1.165, 1.54) is 0 Å². The fourth-order valence-corrected chi connectivity index (χ4v) is 3.85. The van der Waals surface area contributed by atoms with Gasteiger partial charge in [-0.3, -0.25) is 5.10 Å². The van der Waals surface area contributed by atoms with Gasteiger partial charge in [0, 0.05) is 36.5 Å². The molecule has 6 nitrogen and oxygen atoms in total. The number of likely N-dealkylation sites (tertiary alicyclic amines) is 2. The summed E-state index contributed by atoms with van der Waals surface area (Å²) in [4.78, 5) is 16.2. The van der Waals surface area contributed by atoms with E-state index in [0.717, 1.165) is 30.7 Å². The zero-order chi connectivity index (χ0) is 21.3. The summed E-state index contributed by atoms with van der Waals surface area (Å²) in [5.41, 5.74) is 0.0567. The number of rotatable bonds is 4. The lowest BCUT2D eigenvalue weighted by molar-refractivity contribution is -0.137. The number of aromatic nitrogens is 2. The normalized spacial score (nSPS) is 20.3. The lowest BCUT2D eigenvalue weighted by Gasteiger charge is -2.43. The number of halogens is 4. The van der Waals surface area contributed by atoms with Gasteiger partial charge in [-0.25, -0.2) is 9.18 Å². The summed E-state index contributed by atoms with van der Waals surface area (Å²) in [6.45, 7) is 1.95. The first kappa shape index (κ1) is 20.6. The number of carbonyl (C=O) groups excluding carboxylic acids is 1. The number of urea groups is 1. The summed E-state index contributed by atoms with van der Waals surface area (Å²) in [5, 5.41) is 6.93. The Hall–Kier alpha value is -2.62. The van der Waals surface area contributed by atoms with Crippen molar-refractivity contribution in [2.75, 3.05) is 26.2 Å². The molecule has 1 aromatic heterocycles. The van der Waals surface area contributed by atoms with Gasteiger partial charge in [0.2, 0.25) is 0 Å². The van der Waals surface area contributed by atoms with Crippen LogP contribution in [0, 0.1) is 5.82 Å². The number of hydrogen-bond acceptors (Lipinski definition) is 3. The van der Waals surface area contributed by atoms with E-state index in [2.05, 4.69) is 10.2 Å². The SMILES string of the molecule is O=C(N1CC(OCc2ccc(C(F)(F)F)cc2F)C1)N1CCCC(c2ccn[nH]2)C1. The van der Waals surface area contributed by atoms with E-state index in [1.807, 2.05) is 11.0 Å². The van der Waals surface area contributed by atoms with Crippen LogP contribution in [0.25, 0.3) is 0 Å². The van der Waals surface area contributed by atoms with E-state index in [1.54, 1.807) is 11.1 Å². The molecule has 1 atom stereocenters. The van der Waals surface area contributed by atoms with Crippen molar-refractivity contribution < 1.29 is 27.1 Å². The first-order valence-corrected chi connectivity index (χ1v) is 9.81. The molecule has 3 heterocycles. The maximum atomic E-state index is 13.9. The molecule has 2 aliphatic rings. The number of benzene rings is 1. The third-order valence-corrected chi connectivity index (χ3v) is 5.63. The third-order valence-electron chi connectivity index (χ3n) is 5.63. The summed E-state index contributed by atoms with van der Waals surface area (Å²) in [5.74, 6) is -0.712.